The first kappa shape index (κ1) is 38.4. The summed E-state index contributed by atoms with van der Waals surface area (Å²) in [4.78, 5) is 0. The Morgan fingerprint density at radius 1 is 0.147 bits per heavy atom. The second-order valence-corrected chi connectivity index (χ2v) is 18.4. The number of rotatable bonds is 6. The van der Waals surface area contributed by atoms with Crippen LogP contribution in [0.2, 0.25) is 0 Å². The molecule has 0 nitrogen and oxygen atoms in total. The first-order valence-electron chi connectivity index (χ1n) is 23.6. The van der Waals surface area contributed by atoms with Crippen molar-refractivity contribution in [3.8, 4) is 66.8 Å². The van der Waals surface area contributed by atoms with Gasteiger partial charge in [-0.15, -0.1) is 0 Å². The van der Waals surface area contributed by atoms with Gasteiger partial charge in [0, 0.05) is 0 Å². The van der Waals surface area contributed by atoms with Gasteiger partial charge in [-0.2, -0.15) is 0 Å². The predicted molar refractivity (Wildman–Crippen MR) is 293 cm³/mol. The van der Waals surface area contributed by atoms with Crippen LogP contribution in [-0.2, 0) is 0 Å². The van der Waals surface area contributed by atoms with Gasteiger partial charge in [-0.25, -0.2) is 0 Å². The average molecular weight is 859 g/mol. The van der Waals surface area contributed by atoms with Crippen molar-refractivity contribution in [1.29, 1.82) is 0 Å². The van der Waals surface area contributed by atoms with Crippen molar-refractivity contribution in [3.05, 3.63) is 255 Å². The van der Waals surface area contributed by atoms with Gasteiger partial charge in [-0.3, -0.25) is 0 Å². The van der Waals surface area contributed by atoms with Crippen molar-refractivity contribution < 1.29 is 0 Å². The third kappa shape index (κ3) is 6.30. The van der Waals surface area contributed by atoms with Gasteiger partial charge in [0.1, 0.15) is 0 Å². The molecule has 14 rings (SSSR count). The van der Waals surface area contributed by atoms with E-state index in [1.54, 1.807) is 0 Å². The summed E-state index contributed by atoms with van der Waals surface area (Å²) in [5.74, 6) is 0. The molecule has 0 amide bonds. The van der Waals surface area contributed by atoms with Crippen LogP contribution in [0.15, 0.2) is 255 Å². The third-order valence-electron chi connectivity index (χ3n) is 14.6. The molecule has 14 aromatic carbocycles. The maximum Gasteiger partial charge on any atom is -0.00139 e. The van der Waals surface area contributed by atoms with Crippen LogP contribution in [0, 0.1) is 0 Å². The van der Waals surface area contributed by atoms with Crippen LogP contribution >= 0.6 is 0 Å². The van der Waals surface area contributed by atoms with Gasteiger partial charge in [0.05, 0.1) is 0 Å². The summed E-state index contributed by atoms with van der Waals surface area (Å²) >= 11 is 0. The topological polar surface area (TPSA) is 0 Å². The highest BCUT2D eigenvalue weighted by atomic mass is 14.2. The molecule has 0 unspecified atom stereocenters. The highest BCUT2D eigenvalue weighted by Gasteiger charge is 2.22. The van der Waals surface area contributed by atoms with Crippen molar-refractivity contribution in [3.63, 3.8) is 0 Å². The summed E-state index contributed by atoms with van der Waals surface area (Å²) < 4.78 is 0. The summed E-state index contributed by atoms with van der Waals surface area (Å²) in [6.45, 7) is 0. The fourth-order valence-electron chi connectivity index (χ4n) is 11.1. The molecule has 0 radical (unpaired) electrons. The van der Waals surface area contributed by atoms with E-state index in [-0.39, 0.29) is 0 Å². The van der Waals surface area contributed by atoms with E-state index in [0.29, 0.717) is 0 Å². The zero-order chi connectivity index (χ0) is 44.7. The summed E-state index contributed by atoms with van der Waals surface area (Å²) in [7, 11) is 0. The number of hydrogen-bond donors (Lipinski definition) is 0. The number of fused-ring (bicyclic) bond motifs is 4. The molecule has 0 aliphatic carbocycles. The molecular weight excluding hydrogens is 817 g/mol. The lowest BCUT2D eigenvalue weighted by atomic mass is 9.81. The van der Waals surface area contributed by atoms with Crippen LogP contribution in [-0.4, -0.2) is 0 Å². The molecule has 68 heavy (non-hydrogen) atoms. The van der Waals surface area contributed by atoms with Gasteiger partial charge in [-0.1, -0.05) is 218 Å². The van der Waals surface area contributed by atoms with E-state index in [1.165, 1.54) is 142 Å². The zero-order valence-electron chi connectivity index (χ0n) is 37.2. The maximum absolute atomic E-state index is 2.45. The van der Waals surface area contributed by atoms with Crippen molar-refractivity contribution in [2.24, 2.45) is 0 Å². The molecule has 0 aromatic heterocycles. The molecule has 0 atom stereocenters. The Hall–Kier alpha value is -8.84. The van der Waals surface area contributed by atoms with E-state index in [1.807, 2.05) is 0 Å². The van der Waals surface area contributed by atoms with E-state index in [4.69, 9.17) is 0 Å². The summed E-state index contributed by atoms with van der Waals surface area (Å²) in [5, 5.41) is 17.6. The van der Waals surface area contributed by atoms with Crippen LogP contribution in [0.25, 0.3) is 142 Å². The lowest BCUT2D eigenvalue weighted by molar-refractivity contribution is 1.61. The van der Waals surface area contributed by atoms with E-state index in [0.717, 1.165) is 0 Å². The normalized spacial score (nSPS) is 11.8. The first-order chi connectivity index (χ1) is 33.7. The molecule has 0 bridgehead atoms. The van der Waals surface area contributed by atoms with Crippen molar-refractivity contribution in [2.45, 2.75) is 0 Å². The molecule has 14 aromatic rings. The second kappa shape index (κ2) is 15.4. The lowest BCUT2D eigenvalue weighted by Crippen LogP contribution is -1.94. The Labute approximate surface area is 395 Å². The smallest absolute Gasteiger partial charge is 0.00139 e. The predicted octanol–water partition coefficient (Wildman–Crippen LogP) is 19.2. The second-order valence-electron chi connectivity index (χ2n) is 18.4. The highest BCUT2D eigenvalue weighted by molar-refractivity contribution is 6.32. The SMILES string of the molecule is c1ccc2cc(-c3ccc(-c4cc(-c5ccc6ccccc6c5)c5ccc6c(-c7ccc(-c8ccc9ccccc9c8)cc7)cc(-c7ccc8ccccc8c7)c7ccc4c5c67)cc3)ccc2c1. The monoisotopic (exact) mass is 858 g/mol. The summed E-state index contributed by atoms with van der Waals surface area (Å²) in [5.41, 5.74) is 14.7. The van der Waals surface area contributed by atoms with Crippen molar-refractivity contribution in [2.75, 3.05) is 0 Å². The molecule has 0 fully saturated rings. The van der Waals surface area contributed by atoms with Gasteiger partial charge in [0.15, 0.2) is 0 Å². The fourth-order valence-corrected chi connectivity index (χ4v) is 11.1. The zero-order valence-corrected chi connectivity index (χ0v) is 37.2. The molecule has 0 aliphatic heterocycles. The highest BCUT2D eigenvalue weighted by Crippen LogP contribution is 2.49. The molecule has 0 saturated carbocycles. The van der Waals surface area contributed by atoms with Crippen LogP contribution in [0.3, 0.4) is 0 Å². The minimum atomic E-state index is 1.20. The van der Waals surface area contributed by atoms with Gasteiger partial charge in [-0.05, 0) is 179 Å². The maximum atomic E-state index is 2.45. The molecule has 314 valence electrons. The Balaban J connectivity index is 1.02. The van der Waals surface area contributed by atoms with Gasteiger partial charge in [0.2, 0.25) is 0 Å². The molecule has 0 aliphatic rings. The van der Waals surface area contributed by atoms with E-state index in [9.17, 15) is 0 Å². The van der Waals surface area contributed by atoms with E-state index < -0.39 is 0 Å². The van der Waals surface area contributed by atoms with Gasteiger partial charge >= 0.3 is 0 Å². The number of benzene rings is 14. The van der Waals surface area contributed by atoms with Crippen LogP contribution in [0.4, 0.5) is 0 Å². The standard InChI is InChI=1S/C68H42/c1-5-13-51-37-55(29-21-43(51)9-1)47-17-25-49(26-18-47)63-41-65(57-31-23-45-11-3-7-15-53(45)39-57)61-36-34-60-64(50-27-19-48(20-28-50)56-30-22-44-10-2-6-14-52(44)38-56)42-66(62-35-33-59(63)67(61)68(60)62)58-32-24-46-12-4-8-16-54(46)40-58/h1-42H. The Bertz CT molecular complexity index is 4010. The molecule has 0 heterocycles. The number of hydrogen-bond acceptors (Lipinski definition) is 0. The minimum absolute atomic E-state index is 1.20. The lowest BCUT2D eigenvalue weighted by Gasteiger charge is -2.22. The van der Waals surface area contributed by atoms with Crippen LogP contribution in [0.1, 0.15) is 0 Å². The first-order valence-corrected chi connectivity index (χ1v) is 23.6. The largest absolute Gasteiger partial charge is 0.0616 e. The quantitative estimate of drug-likeness (QED) is 0.146. The molecule has 0 heteroatoms. The third-order valence-corrected chi connectivity index (χ3v) is 14.6. The summed E-state index contributed by atoms with van der Waals surface area (Å²) in [6, 6.07) is 95.0. The molecule has 0 spiro atoms. The van der Waals surface area contributed by atoms with Crippen molar-refractivity contribution in [1.82, 2.24) is 0 Å². The Morgan fingerprint density at radius 2 is 0.382 bits per heavy atom. The minimum Gasteiger partial charge on any atom is -0.0616 e. The van der Waals surface area contributed by atoms with E-state index >= 15 is 0 Å². The van der Waals surface area contributed by atoms with Crippen LogP contribution in [0.5, 0.6) is 0 Å². The van der Waals surface area contributed by atoms with Crippen LogP contribution < -0.4 is 0 Å². The van der Waals surface area contributed by atoms with E-state index in [2.05, 4.69) is 255 Å². The molecular formula is C68H42. The Kier molecular flexibility index (Phi) is 8.69. The van der Waals surface area contributed by atoms with Gasteiger partial charge < -0.3 is 0 Å². The Morgan fingerprint density at radius 3 is 0.706 bits per heavy atom. The molecule has 0 N–H and O–H groups in total. The van der Waals surface area contributed by atoms with Crippen molar-refractivity contribution >= 4 is 75.4 Å². The molecule has 0 saturated heterocycles. The van der Waals surface area contributed by atoms with Gasteiger partial charge in [0.25, 0.3) is 0 Å². The average Bonchev–Trinajstić information content (AvgIpc) is 3.41. The fraction of sp³-hybridized carbons (Fsp3) is 0. The summed E-state index contributed by atoms with van der Waals surface area (Å²) in [6.07, 6.45) is 0.